The van der Waals surface area contributed by atoms with Gasteiger partial charge in [-0.15, -0.1) is 0 Å². The lowest BCUT2D eigenvalue weighted by molar-refractivity contribution is -0.125. The van der Waals surface area contributed by atoms with Gasteiger partial charge in [0.15, 0.2) is 0 Å². The van der Waals surface area contributed by atoms with Crippen molar-refractivity contribution >= 4 is 17.2 Å². The molecule has 108 valence electrons. The van der Waals surface area contributed by atoms with Crippen LogP contribution in [0.4, 0.5) is 5.69 Å². The zero-order chi connectivity index (χ0) is 15.1. The summed E-state index contributed by atoms with van der Waals surface area (Å²) in [5.74, 6) is 5.16. The third kappa shape index (κ3) is 2.10. The normalized spacial score (nSPS) is 17.3. The smallest absolute Gasteiger partial charge is 0.259 e. The number of carbonyl (C=O) groups excluding carboxylic acids is 1. The van der Waals surface area contributed by atoms with Crippen LogP contribution in [-0.2, 0) is 4.79 Å². The summed E-state index contributed by atoms with van der Waals surface area (Å²) in [7, 11) is 0. The average molecular weight is 273 g/mol. The van der Waals surface area contributed by atoms with Crippen molar-refractivity contribution in [1.82, 2.24) is 5.43 Å². The minimum atomic E-state index is -0.744. The molecular weight excluding hydrogens is 250 g/mol. The Morgan fingerprint density at radius 1 is 1.30 bits per heavy atom. The van der Waals surface area contributed by atoms with Crippen molar-refractivity contribution in [2.45, 2.75) is 45.7 Å². The summed E-state index contributed by atoms with van der Waals surface area (Å²) in [6, 6.07) is 8.15. The van der Waals surface area contributed by atoms with Gasteiger partial charge in [-0.05, 0) is 46.3 Å². The summed E-state index contributed by atoms with van der Waals surface area (Å²) in [5, 5.41) is 0. The van der Waals surface area contributed by atoms with Crippen molar-refractivity contribution in [3.05, 3.63) is 35.9 Å². The minimum Gasteiger partial charge on any atom is -0.348 e. The lowest BCUT2D eigenvalue weighted by Gasteiger charge is -2.51. The highest BCUT2D eigenvalue weighted by Gasteiger charge is 2.44. The Labute approximate surface area is 120 Å². The molecule has 0 spiro atoms. The number of para-hydroxylation sites is 1. The number of carbonyl (C=O) groups is 1. The number of rotatable bonds is 2. The van der Waals surface area contributed by atoms with Crippen LogP contribution >= 0.6 is 0 Å². The molecule has 4 heteroatoms. The van der Waals surface area contributed by atoms with Gasteiger partial charge in [0.25, 0.3) is 5.91 Å². The zero-order valence-electron chi connectivity index (χ0n) is 12.8. The van der Waals surface area contributed by atoms with Crippen LogP contribution in [0.3, 0.4) is 0 Å². The van der Waals surface area contributed by atoms with Gasteiger partial charge in [-0.1, -0.05) is 24.3 Å². The van der Waals surface area contributed by atoms with Crippen LogP contribution in [-0.4, -0.2) is 17.0 Å². The number of anilines is 1. The molecule has 0 saturated heterocycles. The van der Waals surface area contributed by atoms with Crippen LogP contribution < -0.4 is 16.2 Å². The van der Waals surface area contributed by atoms with E-state index in [2.05, 4.69) is 49.3 Å². The van der Waals surface area contributed by atoms with Gasteiger partial charge in [0.1, 0.15) is 5.54 Å². The molecule has 4 nitrogen and oxygen atoms in total. The fourth-order valence-corrected chi connectivity index (χ4v) is 3.28. The quantitative estimate of drug-likeness (QED) is 0.494. The van der Waals surface area contributed by atoms with E-state index in [9.17, 15) is 4.79 Å². The monoisotopic (exact) mass is 273 g/mol. The number of nitrogens with zero attached hydrogens (tertiary/aromatic N) is 1. The van der Waals surface area contributed by atoms with E-state index >= 15 is 0 Å². The number of hydrogen-bond acceptors (Lipinski definition) is 3. The first-order chi connectivity index (χ1) is 9.21. The first-order valence-corrected chi connectivity index (χ1v) is 6.82. The van der Waals surface area contributed by atoms with Gasteiger partial charge in [-0.3, -0.25) is 10.2 Å². The fourth-order valence-electron chi connectivity index (χ4n) is 3.28. The van der Waals surface area contributed by atoms with Crippen LogP contribution in [0.15, 0.2) is 30.3 Å². The van der Waals surface area contributed by atoms with Gasteiger partial charge in [-0.25, -0.2) is 5.84 Å². The van der Waals surface area contributed by atoms with E-state index in [4.69, 9.17) is 5.84 Å². The average Bonchev–Trinajstić information content (AvgIpc) is 2.36. The Morgan fingerprint density at radius 2 is 1.90 bits per heavy atom. The highest BCUT2D eigenvalue weighted by Crippen LogP contribution is 2.42. The number of amides is 1. The lowest BCUT2D eigenvalue weighted by Crippen LogP contribution is -2.63. The third-order valence-electron chi connectivity index (χ3n) is 3.96. The van der Waals surface area contributed by atoms with Crippen molar-refractivity contribution in [1.29, 1.82) is 0 Å². The molecule has 1 aliphatic heterocycles. The Hall–Kier alpha value is -1.81. The maximum absolute atomic E-state index is 12.2. The summed E-state index contributed by atoms with van der Waals surface area (Å²) < 4.78 is 0. The SMILES string of the molecule is CC1=CC(C)(C)N(C(C)(C)C(=O)NN)c2ccccc21. The van der Waals surface area contributed by atoms with Crippen LogP contribution in [0.5, 0.6) is 0 Å². The molecule has 0 aromatic heterocycles. The molecule has 1 amide bonds. The molecular formula is C16H23N3O. The molecule has 2 rings (SSSR count). The molecule has 0 unspecified atom stereocenters. The zero-order valence-corrected chi connectivity index (χ0v) is 12.8. The van der Waals surface area contributed by atoms with E-state index in [1.807, 2.05) is 26.0 Å². The van der Waals surface area contributed by atoms with E-state index in [1.54, 1.807) is 0 Å². The van der Waals surface area contributed by atoms with Crippen molar-refractivity contribution in [2.75, 3.05) is 4.90 Å². The largest absolute Gasteiger partial charge is 0.348 e. The lowest BCUT2D eigenvalue weighted by atomic mass is 9.83. The molecule has 0 fully saturated rings. The van der Waals surface area contributed by atoms with Gasteiger partial charge >= 0.3 is 0 Å². The molecule has 0 bridgehead atoms. The fraction of sp³-hybridized carbons (Fsp3) is 0.438. The van der Waals surface area contributed by atoms with Gasteiger partial charge in [0.05, 0.1) is 5.54 Å². The number of allylic oxidation sites excluding steroid dienone is 1. The Kier molecular flexibility index (Phi) is 3.38. The van der Waals surface area contributed by atoms with Gasteiger partial charge in [-0.2, -0.15) is 0 Å². The third-order valence-corrected chi connectivity index (χ3v) is 3.96. The van der Waals surface area contributed by atoms with Gasteiger partial charge in [0.2, 0.25) is 0 Å². The summed E-state index contributed by atoms with van der Waals surface area (Å²) in [6.45, 7) is 10.1. The second-order valence-electron chi connectivity index (χ2n) is 6.37. The highest BCUT2D eigenvalue weighted by molar-refractivity contribution is 5.92. The van der Waals surface area contributed by atoms with E-state index in [-0.39, 0.29) is 11.4 Å². The highest BCUT2D eigenvalue weighted by atomic mass is 16.2. The predicted octanol–water partition coefficient (Wildman–Crippen LogP) is 2.46. The molecule has 1 aromatic carbocycles. The molecule has 1 aliphatic rings. The molecule has 3 N–H and O–H groups in total. The van der Waals surface area contributed by atoms with Gasteiger partial charge < -0.3 is 4.90 Å². The summed E-state index contributed by atoms with van der Waals surface area (Å²) in [4.78, 5) is 14.3. The summed E-state index contributed by atoms with van der Waals surface area (Å²) >= 11 is 0. The molecule has 1 aromatic rings. The maximum Gasteiger partial charge on any atom is 0.259 e. The number of fused-ring (bicyclic) bond motifs is 1. The Bertz CT molecular complexity index is 573. The topological polar surface area (TPSA) is 58.4 Å². The van der Waals surface area contributed by atoms with Crippen LogP contribution in [0.2, 0.25) is 0 Å². The minimum absolute atomic E-state index is 0.201. The summed E-state index contributed by atoms with van der Waals surface area (Å²) in [5.41, 5.74) is 4.71. The van der Waals surface area contributed by atoms with Crippen molar-refractivity contribution in [3.63, 3.8) is 0 Å². The number of nitrogens with two attached hydrogens (primary N) is 1. The van der Waals surface area contributed by atoms with E-state index < -0.39 is 5.54 Å². The number of hydrazine groups is 1. The number of hydrogen-bond donors (Lipinski definition) is 2. The van der Waals surface area contributed by atoms with E-state index in [1.165, 1.54) is 5.57 Å². The first kappa shape index (κ1) is 14.6. The predicted molar refractivity (Wildman–Crippen MR) is 83.1 cm³/mol. The molecule has 0 atom stereocenters. The Morgan fingerprint density at radius 3 is 2.50 bits per heavy atom. The maximum atomic E-state index is 12.2. The van der Waals surface area contributed by atoms with E-state index in [0.29, 0.717) is 0 Å². The second kappa shape index (κ2) is 4.63. The van der Waals surface area contributed by atoms with Crippen LogP contribution in [0.25, 0.3) is 5.57 Å². The first-order valence-electron chi connectivity index (χ1n) is 6.82. The summed E-state index contributed by atoms with van der Waals surface area (Å²) in [6.07, 6.45) is 2.20. The molecule has 0 saturated carbocycles. The van der Waals surface area contributed by atoms with Crippen molar-refractivity contribution in [3.8, 4) is 0 Å². The Balaban J connectivity index is 2.65. The number of benzene rings is 1. The molecule has 0 radical (unpaired) electrons. The van der Waals surface area contributed by atoms with Gasteiger partial charge in [0, 0.05) is 11.3 Å². The van der Waals surface area contributed by atoms with Crippen LogP contribution in [0, 0.1) is 0 Å². The van der Waals surface area contributed by atoms with Crippen molar-refractivity contribution in [2.24, 2.45) is 5.84 Å². The standard InChI is InChI=1S/C16H23N3O/c1-11-10-15(2,3)19(16(4,5)14(20)18-17)13-9-7-6-8-12(11)13/h6-10H,17H2,1-5H3,(H,18,20). The van der Waals surface area contributed by atoms with E-state index in [0.717, 1.165) is 11.3 Å². The molecule has 20 heavy (non-hydrogen) atoms. The molecule has 0 aliphatic carbocycles. The van der Waals surface area contributed by atoms with Crippen LogP contribution in [0.1, 0.15) is 40.2 Å². The molecule has 1 heterocycles. The second-order valence-corrected chi connectivity index (χ2v) is 6.37. The number of nitrogens with one attached hydrogen (secondary N) is 1. The van der Waals surface area contributed by atoms with Crippen molar-refractivity contribution < 1.29 is 4.79 Å².